The van der Waals surface area contributed by atoms with Gasteiger partial charge in [-0.1, -0.05) is 29.3 Å². The maximum Gasteiger partial charge on any atom is 0.164 e. The fourth-order valence-electron chi connectivity index (χ4n) is 3.26. The summed E-state index contributed by atoms with van der Waals surface area (Å²) in [4.78, 5) is 8.08. The summed E-state index contributed by atoms with van der Waals surface area (Å²) in [5, 5.41) is 32.8. The second-order valence-electron chi connectivity index (χ2n) is 6.31. The molecule has 3 heterocycles. The molecule has 0 bridgehead atoms. The molecule has 5 N–H and O–H groups in total. The Bertz CT molecular complexity index is 998. The minimum Gasteiger partial charge on any atom is -0.387 e. The number of ether oxygens (including phenoxy) is 1. The van der Waals surface area contributed by atoms with E-state index in [0.717, 1.165) is 0 Å². The first kappa shape index (κ1) is 18.4. The van der Waals surface area contributed by atoms with Crippen molar-refractivity contribution in [2.45, 2.75) is 30.6 Å². The van der Waals surface area contributed by atoms with Crippen molar-refractivity contribution in [2.75, 3.05) is 5.73 Å². The fraction of sp³-hybridized carbons (Fsp3) is 0.294. The van der Waals surface area contributed by atoms with E-state index < -0.39 is 30.6 Å². The third-order valence-corrected chi connectivity index (χ3v) is 5.42. The van der Waals surface area contributed by atoms with Gasteiger partial charge in [0.2, 0.25) is 0 Å². The Balaban J connectivity index is 1.66. The third kappa shape index (κ3) is 3.04. The SMILES string of the molecule is Nc1ncnc2c1ccn2[C@@H]1O[C@H]([C@H](O)c2ccc(Cl)c(Cl)c2)[C@@H](O)[C@H]1O. The zero-order chi connectivity index (χ0) is 19.3. The van der Waals surface area contributed by atoms with Crippen molar-refractivity contribution in [1.82, 2.24) is 14.5 Å². The van der Waals surface area contributed by atoms with Crippen LogP contribution >= 0.6 is 23.2 Å². The van der Waals surface area contributed by atoms with E-state index in [1.54, 1.807) is 22.9 Å². The van der Waals surface area contributed by atoms with Gasteiger partial charge in [-0.05, 0) is 23.8 Å². The number of fused-ring (bicyclic) bond motifs is 1. The number of aliphatic hydroxyl groups is 3. The molecular formula is C17H16Cl2N4O4. The van der Waals surface area contributed by atoms with Crippen molar-refractivity contribution in [2.24, 2.45) is 0 Å². The van der Waals surface area contributed by atoms with Crippen LogP contribution in [0, 0.1) is 0 Å². The lowest BCUT2D eigenvalue weighted by Gasteiger charge is -2.21. The summed E-state index contributed by atoms with van der Waals surface area (Å²) in [5.41, 5.74) is 6.68. The first-order valence-corrected chi connectivity index (χ1v) is 8.85. The van der Waals surface area contributed by atoms with Crippen molar-refractivity contribution in [3.05, 3.63) is 52.4 Å². The highest BCUT2D eigenvalue weighted by molar-refractivity contribution is 6.42. The van der Waals surface area contributed by atoms with Crippen molar-refractivity contribution in [3.63, 3.8) is 0 Å². The predicted molar refractivity (Wildman–Crippen MR) is 99.3 cm³/mol. The largest absolute Gasteiger partial charge is 0.387 e. The second kappa shape index (κ2) is 6.90. The summed E-state index contributed by atoms with van der Waals surface area (Å²) in [6, 6.07) is 6.30. The van der Waals surface area contributed by atoms with E-state index in [9.17, 15) is 15.3 Å². The molecule has 1 aliphatic heterocycles. The molecule has 0 spiro atoms. The summed E-state index contributed by atoms with van der Waals surface area (Å²) >= 11 is 11.9. The maximum atomic E-state index is 10.6. The van der Waals surface area contributed by atoms with Gasteiger partial charge >= 0.3 is 0 Å². The molecule has 3 aromatic rings. The average molecular weight is 411 g/mol. The number of hydrogen-bond donors (Lipinski definition) is 4. The van der Waals surface area contributed by atoms with Gasteiger partial charge in [-0.2, -0.15) is 0 Å². The minimum absolute atomic E-state index is 0.265. The average Bonchev–Trinajstić information content (AvgIpc) is 3.20. The van der Waals surface area contributed by atoms with Crippen LogP contribution in [0.25, 0.3) is 11.0 Å². The van der Waals surface area contributed by atoms with Crippen molar-refractivity contribution >= 4 is 40.1 Å². The Labute approximate surface area is 163 Å². The van der Waals surface area contributed by atoms with Gasteiger partial charge in [-0.3, -0.25) is 0 Å². The lowest BCUT2D eigenvalue weighted by atomic mass is 9.99. The van der Waals surface area contributed by atoms with Crippen LogP contribution in [-0.4, -0.2) is 48.2 Å². The van der Waals surface area contributed by atoms with Gasteiger partial charge in [0.15, 0.2) is 6.23 Å². The van der Waals surface area contributed by atoms with Crippen LogP contribution in [0.4, 0.5) is 5.82 Å². The van der Waals surface area contributed by atoms with Crippen LogP contribution in [0.3, 0.4) is 0 Å². The number of nitrogens with two attached hydrogens (primary N) is 1. The number of benzene rings is 1. The highest BCUT2D eigenvalue weighted by Crippen LogP contribution is 2.38. The zero-order valence-electron chi connectivity index (χ0n) is 13.8. The number of halogens is 2. The number of aromatic nitrogens is 3. The van der Waals surface area contributed by atoms with Gasteiger partial charge in [0.25, 0.3) is 0 Å². The third-order valence-electron chi connectivity index (χ3n) is 4.69. The van der Waals surface area contributed by atoms with Crippen molar-refractivity contribution in [1.29, 1.82) is 0 Å². The lowest BCUT2D eigenvalue weighted by molar-refractivity contribution is -0.0848. The van der Waals surface area contributed by atoms with Crippen LogP contribution in [0.1, 0.15) is 17.9 Å². The Morgan fingerprint density at radius 1 is 1.11 bits per heavy atom. The summed E-state index contributed by atoms with van der Waals surface area (Å²) in [6.45, 7) is 0. The molecular weight excluding hydrogens is 395 g/mol. The molecule has 5 atom stereocenters. The predicted octanol–water partition coefficient (Wildman–Crippen LogP) is 1.67. The van der Waals surface area contributed by atoms with Gasteiger partial charge in [0, 0.05) is 6.20 Å². The molecule has 1 aliphatic rings. The monoisotopic (exact) mass is 410 g/mol. The topological polar surface area (TPSA) is 127 Å². The van der Waals surface area contributed by atoms with Crippen molar-refractivity contribution in [3.8, 4) is 0 Å². The molecule has 1 saturated heterocycles. The molecule has 27 heavy (non-hydrogen) atoms. The van der Waals surface area contributed by atoms with Crippen molar-refractivity contribution < 1.29 is 20.1 Å². The fourth-order valence-corrected chi connectivity index (χ4v) is 3.56. The van der Waals surface area contributed by atoms with Crippen LogP contribution in [0.2, 0.25) is 10.0 Å². The van der Waals surface area contributed by atoms with E-state index >= 15 is 0 Å². The number of aliphatic hydroxyl groups excluding tert-OH is 3. The lowest BCUT2D eigenvalue weighted by Crippen LogP contribution is -2.34. The van der Waals surface area contributed by atoms with E-state index in [-0.39, 0.29) is 5.02 Å². The van der Waals surface area contributed by atoms with Crippen LogP contribution in [0.5, 0.6) is 0 Å². The molecule has 10 heteroatoms. The number of nitrogens with zero attached hydrogens (tertiary/aromatic N) is 3. The number of anilines is 1. The van der Waals surface area contributed by atoms with E-state index in [0.29, 0.717) is 27.4 Å². The first-order valence-electron chi connectivity index (χ1n) is 8.10. The Morgan fingerprint density at radius 2 is 1.89 bits per heavy atom. The Hall–Kier alpha value is -1.94. The van der Waals surface area contributed by atoms with Crippen LogP contribution in [-0.2, 0) is 4.74 Å². The van der Waals surface area contributed by atoms with Gasteiger partial charge in [0.05, 0.1) is 15.4 Å². The van der Waals surface area contributed by atoms with Gasteiger partial charge in [-0.15, -0.1) is 0 Å². The molecule has 0 amide bonds. The molecule has 0 radical (unpaired) electrons. The Morgan fingerprint density at radius 3 is 2.63 bits per heavy atom. The summed E-state index contributed by atoms with van der Waals surface area (Å²) in [7, 11) is 0. The normalized spacial score (nSPS) is 26.6. The van der Waals surface area contributed by atoms with E-state index in [1.165, 1.54) is 18.5 Å². The zero-order valence-corrected chi connectivity index (χ0v) is 15.3. The number of hydrogen-bond acceptors (Lipinski definition) is 7. The smallest absolute Gasteiger partial charge is 0.164 e. The summed E-state index contributed by atoms with van der Waals surface area (Å²) < 4.78 is 7.34. The van der Waals surface area contributed by atoms with E-state index in [2.05, 4.69) is 9.97 Å². The molecule has 4 rings (SSSR count). The minimum atomic E-state index is -1.34. The Kier molecular flexibility index (Phi) is 4.71. The second-order valence-corrected chi connectivity index (χ2v) is 7.12. The van der Waals surface area contributed by atoms with Crippen LogP contribution in [0.15, 0.2) is 36.8 Å². The highest BCUT2D eigenvalue weighted by Gasteiger charge is 2.47. The van der Waals surface area contributed by atoms with E-state index in [1.807, 2.05) is 0 Å². The number of nitrogen functional groups attached to an aromatic ring is 1. The summed E-state index contributed by atoms with van der Waals surface area (Å²) in [6.07, 6.45) is -2.97. The van der Waals surface area contributed by atoms with Crippen LogP contribution < -0.4 is 5.73 Å². The molecule has 142 valence electrons. The molecule has 0 aliphatic carbocycles. The van der Waals surface area contributed by atoms with Gasteiger partial charge in [-0.25, -0.2) is 9.97 Å². The molecule has 8 nitrogen and oxygen atoms in total. The standard InChI is InChI=1S/C17H16Cl2N4O4/c18-9-2-1-7(5-10(9)19)11(24)14-12(25)13(26)17(27-14)23-4-3-8-15(20)21-6-22-16(8)23/h1-6,11-14,17,24-26H,(H2,20,21,22)/t11-,12+,13-,14-,17-/m1/s1. The van der Waals surface area contributed by atoms with Gasteiger partial charge < -0.3 is 30.4 Å². The van der Waals surface area contributed by atoms with E-state index in [4.69, 9.17) is 33.7 Å². The quantitative estimate of drug-likeness (QED) is 0.517. The molecule has 1 fully saturated rings. The summed E-state index contributed by atoms with van der Waals surface area (Å²) in [5.74, 6) is 0.291. The maximum absolute atomic E-state index is 10.6. The first-order chi connectivity index (χ1) is 12.9. The van der Waals surface area contributed by atoms with Gasteiger partial charge in [0.1, 0.15) is 42.2 Å². The molecule has 0 unspecified atom stereocenters. The molecule has 1 aromatic carbocycles. The molecule has 2 aromatic heterocycles. The number of rotatable bonds is 3. The highest BCUT2D eigenvalue weighted by atomic mass is 35.5. The molecule has 0 saturated carbocycles.